The molecule has 2 aliphatic rings. The molecule has 2 amide bonds. The Labute approximate surface area is 106 Å². The molecule has 1 aromatic carbocycles. The summed E-state index contributed by atoms with van der Waals surface area (Å²) in [6.07, 6.45) is 3.80. The summed E-state index contributed by atoms with van der Waals surface area (Å²) >= 11 is 0. The largest absolute Gasteiger partial charge is 0.399 e. The van der Waals surface area contributed by atoms with Crippen molar-refractivity contribution in [2.45, 2.75) is 25.7 Å². The SMILES string of the molecule is Nc1ccc(N2C(=O)[C@H]3CCCC[C@@H]3C2=O)cc1. The van der Waals surface area contributed by atoms with E-state index in [4.69, 9.17) is 5.73 Å². The van der Waals surface area contributed by atoms with E-state index in [1.807, 2.05) is 0 Å². The van der Waals surface area contributed by atoms with Crippen LogP contribution in [-0.2, 0) is 9.59 Å². The van der Waals surface area contributed by atoms with Crippen molar-refractivity contribution >= 4 is 23.2 Å². The molecule has 0 unspecified atom stereocenters. The first-order chi connectivity index (χ1) is 8.68. The highest BCUT2D eigenvalue weighted by Crippen LogP contribution is 2.40. The molecule has 0 bridgehead atoms. The molecule has 1 saturated heterocycles. The van der Waals surface area contributed by atoms with Crippen LogP contribution in [0.3, 0.4) is 0 Å². The van der Waals surface area contributed by atoms with E-state index in [0.29, 0.717) is 11.4 Å². The summed E-state index contributed by atoms with van der Waals surface area (Å²) in [5.74, 6) is -0.253. The Balaban J connectivity index is 1.95. The lowest BCUT2D eigenvalue weighted by Crippen LogP contribution is -2.30. The number of nitrogens with two attached hydrogens (primary N) is 1. The molecule has 1 aromatic rings. The molecule has 94 valence electrons. The van der Waals surface area contributed by atoms with Gasteiger partial charge < -0.3 is 5.73 Å². The fourth-order valence-corrected chi connectivity index (χ4v) is 3.04. The van der Waals surface area contributed by atoms with E-state index in [1.54, 1.807) is 24.3 Å². The minimum Gasteiger partial charge on any atom is -0.399 e. The third kappa shape index (κ3) is 1.60. The minimum absolute atomic E-state index is 0.0329. The van der Waals surface area contributed by atoms with Crippen molar-refractivity contribution in [3.63, 3.8) is 0 Å². The smallest absolute Gasteiger partial charge is 0.237 e. The van der Waals surface area contributed by atoms with Crippen molar-refractivity contribution in [2.24, 2.45) is 11.8 Å². The zero-order valence-corrected chi connectivity index (χ0v) is 10.1. The Morgan fingerprint density at radius 1 is 0.944 bits per heavy atom. The third-order valence-corrected chi connectivity index (χ3v) is 3.99. The van der Waals surface area contributed by atoms with E-state index in [-0.39, 0.29) is 23.7 Å². The Bertz CT molecular complexity index is 471. The monoisotopic (exact) mass is 244 g/mol. The molecular formula is C14H16N2O2. The number of nitrogens with zero attached hydrogens (tertiary/aromatic N) is 1. The predicted octanol–water partition coefficient (Wildman–Crippen LogP) is 1.95. The number of nitrogen functional groups attached to an aromatic ring is 1. The van der Waals surface area contributed by atoms with Gasteiger partial charge in [-0.3, -0.25) is 14.5 Å². The summed E-state index contributed by atoms with van der Waals surface area (Å²) in [4.78, 5) is 26.0. The number of fused-ring (bicyclic) bond motifs is 1. The van der Waals surface area contributed by atoms with Gasteiger partial charge in [0.1, 0.15) is 0 Å². The Morgan fingerprint density at radius 3 is 1.94 bits per heavy atom. The van der Waals surface area contributed by atoms with Gasteiger partial charge in [-0.2, -0.15) is 0 Å². The lowest BCUT2D eigenvalue weighted by molar-refractivity contribution is -0.122. The van der Waals surface area contributed by atoms with Crippen LogP contribution in [0.4, 0.5) is 11.4 Å². The van der Waals surface area contributed by atoms with E-state index in [2.05, 4.69) is 0 Å². The summed E-state index contributed by atoms with van der Waals surface area (Å²) < 4.78 is 0. The molecule has 18 heavy (non-hydrogen) atoms. The highest BCUT2D eigenvalue weighted by molar-refractivity contribution is 6.22. The van der Waals surface area contributed by atoms with Gasteiger partial charge in [-0.1, -0.05) is 12.8 Å². The van der Waals surface area contributed by atoms with Crippen LogP contribution >= 0.6 is 0 Å². The molecular weight excluding hydrogens is 228 g/mol. The van der Waals surface area contributed by atoms with Crippen LogP contribution in [0.5, 0.6) is 0 Å². The zero-order valence-electron chi connectivity index (χ0n) is 10.1. The summed E-state index contributed by atoms with van der Waals surface area (Å²) in [7, 11) is 0. The van der Waals surface area contributed by atoms with Gasteiger partial charge in [0, 0.05) is 5.69 Å². The van der Waals surface area contributed by atoms with Crippen LogP contribution in [-0.4, -0.2) is 11.8 Å². The molecule has 0 aromatic heterocycles. The van der Waals surface area contributed by atoms with Crippen LogP contribution in [0, 0.1) is 11.8 Å². The number of rotatable bonds is 1. The normalized spacial score (nSPS) is 27.4. The second kappa shape index (κ2) is 4.12. The Hall–Kier alpha value is -1.84. The van der Waals surface area contributed by atoms with Crippen molar-refractivity contribution in [3.05, 3.63) is 24.3 Å². The molecule has 1 aliphatic heterocycles. The van der Waals surface area contributed by atoms with E-state index in [1.165, 1.54) is 4.90 Å². The van der Waals surface area contributed by atoms with Crippen molar-refractivity contribution in [1.29, 1.82) is 0 Å². The average molecular weight is 244 g/mol. The van der Waals surface area contributed by atoms with E-state index in [9.17, 15) is 9.59 Å². The van der Waals surface area contributed by atoms with E-state index >= 15 is 0 Å². The van der Waals surface area contributed by atoms with Gasteiger partial charge in [-0.25, -0.2) is 0 Å². The van der Waals surface area contributed by atoms with Crippen LogP contribution < -0.4 is 10.6 Å². The van der Waals surface area contributed by atoms with Crippen molar-refractivity contribution in [1.82, 2.24) is 0 Å². The molecule has 1 aliphatic carbocycles. The first-order valence-corrected chi connectivity index (χ1v) is 6.42. The highest BCUT2D eigenvalue weighted by Gasteiger charge is 2.48. The minimum atomic E-state index is -0.0937. The quantitative estimate of drug-likeness (QED) is 0.606. The second-order valence-corrected chi connectivity index (χ2v) is 5.10. The van der Waals surface area contributed by atoms with Crippen LogP contribution in [0.25, 0.3) is 0 Å². The van der Waals surface area contributed by atoms with Gasteiger partial charge in [0.2, 0.25) is 11.8 Å². The molecule has 4 nitrogen and oxygen atoms in total. The maximum atomic E-state index is 12.3. The number of carbonyl (C=O) groups is 2. The third-order valence-electron chi connectivity index (χ3n) is 3.99. The van der Waals surface area contributed by atoms with Gasteiger partial charge in [-0.15, -0.1) is 0 Å². The summed E-state index contributed by atoms with van der Waals surface area (Å²) in [6.45, 7) is 0. The summed E-state index contributed by atoms with van der Waals surface area (Å²) in [6, 6.07) is 6.92. The fourth-order valence-electron chi connectivity index (χ4n) is 3.04. The average Bonchev–Trinajstić information content (AvgIpc) is 2.64. The summed E-state index contributed by atoms with van der Waals surface area (Å²) in [5, 5.41) is 0. The van der Waals surface area contributed by atoms with Gasteiger partial charge >= 0.3 is 0 Å². The Kier molecular flexibility index (Phi) is 2.58. The number of imide groups is 1. The number of benzene rings is 1. The summed E-state index contributed by atoms with van der Waals surface area (Å²) in [5.41, 5.74) is 6.90. The maximum absolute atomic E-state index is 12.3. The number of hydrogen-bond acceptors (Lipinski definition) is 3. The van der Waals surface area contributed by atoms with E-state index < -0.39 is 0 Å². The first-order valence-electron chi connectivity index (χ1n) is 6.42. The van der Waals surface area contributed by atoms with Crippen molar-refractivity contribution < 1.29 is 9.59 Å². The van der Waals surface area contributed by atoms with Gasteiger partial charge in [-0.05, 0) is 37.1 Å². The van der Waals surface area contributed by atoms with E-state index in [0.717, 1.165) is 25.7 Å². The molecule has 2 fully saturated rings. The van der Waals surface area contributed by atoms with Crippen LogP contribution in [0.15, 0.2) is 24.3 Å². The number of carbonyl (C=O) groups excluding carboxylic acids is 2. The first kappa shape index (κ1) is 11.3. The lowest BCUT2D eigenvalue weighted by Gasteiger charge is -2.19. The van der Waals surface area contributed by atoms with Gasteiger partial charge in [0.15, 0.2) is 0 Å². The predicted molar refractivity (Wildman–Crippen MR) is 68.8 cm³/mol. The topological polar surface area (TPSA) is 63.4 Å². The molecule has 2 N–H and O–H groups in total. The molecule has 2 atom stereocenters. The molecule has 0 radical (unpaired) electrons. The van der Waals surface area contributed by atoms with Crippen molar-refractivity contribution in [3.8, 4) is 0 Å². The number of amides is 2. The molecule has 1 saturated carbocycles. The zero-order chi connectivity index (χ0) is 12.7. The molecule has 4 heteroatoms. The molecule has 1 heterocycles. The molecule has 3 rings (SSSR count). The number of hydrogen-bond donors (Lipinski definition) is 1. The van der Waals surface area contributed by atoms with Gasteiger partial charge in [0.25, 0.3) is 0 Å². The second-order valence-electron chi connectivity index (χ2n) is 5.10. The van der Waals surface area contributed by atoms with Crippen molar-refractivity contribution in [2.75, 3.05) is 10.6 Å². The number of anilines is 2. The van der Waals surface area contributed by atoms with Crippen LogP contribution in [0.2, 0.25) is 0 Å². The fraction of sp³-hybridized carbons (Fsp3) is 0.429. The molecule has 0 spiro atoms. The standard InChI is InChI=1S/C14H16N2O2/c15-9-5-7-10(8-6-9)16-13(17)11-3-1-2-4-12(11)14(16)18/h5-8,11-12H,1-4,15H2/t11-,12-/m0/s1. The maximum Gasteiger partial charge on any atom is 0.237 e. The Morgan fingerprint density at radius 2 is 1.44 bits per heavy atom. The lowest BCUT2D eigenvalue weighted by atomic mass is 9.81. The van der Waals surface area contributed by atoms with Crippen LogP contribution in [0.1, 0.15) is 25.7 Å². The highest BCUT2D eigenvalue weighted by atomic mass is 16.2. The van der Waals surface area contributed by atoms with Gasteiger partial charge in [0.05, 0.1) is 17.5 Å².